The maximum Gasteiger partial charge on any atom is 0.338 e. The summed E-state index contributed by atoms with van der Waals surface area (Å²) in [7, 11) is 3.86. The molecule has 4 heterocycles. The Bertz CT molecular complexity index is 1840. The summed E-state index contributed by atoms with van der Waals surface area (Å²) in [4.78, 5) is 51.2. The zero-order chi connectivity index (χ0) is 43.5. The first-order valence-corrected chi connectivity index (χ1v) is 21.8. The second kappa shape index (κ2) is 19.1. The van der Waals surface area contributed by atoms with Gasteiger partial charge in [-0.3, -0.25) is 19.5 Å². The molecule has 3 saturated heterocycles. The molecule has 5 unspecified atom stereocenters. The van der Waals surface area contributed by atoms with Gasteiger partial charge in [-0.2, -0.15) is 0 Å². The van der Waals surface area contributed by atoms with Crippen molar-refractivity contribution in [3.63, 3.8) is 0 Å². The molecule has 60 heavy (non-hydrogen) atoms. The quantitative estimate of drug-likeness (QED) is 0.166. The van der Waals surface area contributed by atoms with Gasteiger partial charge in [0.15, 0.2) is 18.2 Å². The maximum atomic E-state index is 14.7. The number of benzene rings is 1. The average Bonchev–Trinajstić information content (AvgIpc) is 3.88. The van der Waals surface area contributed by atoms with Crippen LogP contribution in [0, 0.1) is 23.7 Å². The van der Waals surface area contributed by atoms with Crippen molar-refractivity contribution in [3.05, 3.63) is 84.0 Å². The van der Waals surface area contributed by atoms with Gasteiger partial charge >= 0.3 is 11.9 Å². The summed E-state index contributed by atoms with van der Waals surface area (Å²) in [5.74, 6) is -3.51. The minimum absolute atomic E-state index is 0.00214. The van der Waals surface area contributed by atoms with Crippen molar-refractivity contribution in [1.82, 2.24) is 9.80 Å². The first-order valence-electron chi connectivity index (χ1n) is 21.8. The Morgan fingerprint density at radius 3 is 2.48 bits per heavy atom. The first kappa shape index (κ1) is 45.7. The molecule has 0 amide bonds. The highest BCUT2D eigenvalue weighted by molar-refractivity contribution is 6.00. The number of hydrogen-bond acceptors (Lipinski definition) is 12. The lowest BCUT2D eigenvalue weighted by atomic mass is 9.78. The fraction of sp³-hybridized carbons (Fsp3) is 0.625. The molecule has 1 aromatic rings. The number of esters is 2. The summed E-state index contributed by atoms with van der Waals surface area (Å²) >= 11 is 0. The van der Waals surface area contributed by atoms with Gasteiger partial charge in [0.1, 0.15) is 17.6 Å². The van der Waals surface area contributed by atoms with E-state index in [1.807, 2.05) is 76.4 Å². The Hall–Kier alpha value is -3.78. The molecular formula is C48H67N3O9. The van der Waals surface area contributed by atoms with Crippen LogP contribution < -0.4 is 0 Å². The van der Waals surface area contributed by atoms with E-state index in [1.165, 1.54) is 0 Å². The van der Waals surface area contributed by atoms with Crippen LogP contribution in [0.5, 0.6) is 0 Å². The number of allylic oxidation sites excluding steroid dienone is 4. The van der Waals surface area contributed by atoms with E-state index in [9.17, 15) is 19.5 Å². The summed E-state index contributed by atoms with van der Waals surface area (Å²) < 4.78 is 32.9. The van der Waals surface area contributed by atoms with Crippen LogP contribution in [0.25, 0.3) is 0 Å². The summed E-state index contributed by atoms with van der Waals surface area (Å²) in [6.07, 6.45) is 13.7. The third kappa shape index (κ3) is 10.1. The van der Waals surface area contributed by atoms with Gasteiger partial charge in [0, 0.05) is 30.6 Å². The smallest absolute Gasteiger partial charge is 0.338 e. The molecule has 1 aromatic carbocycles. The molecule has 0 radical (unpaired) electrons. The van der Waals surface area contributed by atoms with Gasteiger partial charge in [0.2, 0.25) is 0 Å². The van der Waals surface area contributed by atoms with Gasteiger partial charge in [-0.25, -0.2) is 4.79 Å². The third-order valence-electron chi connectivity index (χ3n) is 13.2. The van der Waals surface area contributed by atoms with Crippen molar-refractivity contribution in [1.29, 1.82) is 0 Å². The molecule has 0 saturated carbocycles. The number of fused-ring (bicyclic) bond motifs is 2. The number of ketones is 1. The van der Waals surface area contributed by atoms with Crippen molar-refractivity contribution < 1.29 is 43.2 Å². The van der Waals surface area contributed by atoms with E-state index in [2.05, 4.69) is 37.0 Å². The highest BCUT2D eigenvalue weighted by Crippen LogP contribution is 2.43. The number of aliphatic imine (C=N–C) groups is 1. The molecule has 16 atom stereocenters. The Labute approximate surface area is 356 Å². The maximum absolute atomic E-state index is 14.7. The topological polar surface area (TPSA) is 136 Å². The summed E-state index contributed by atoms with van der Waals surface area (Å²) in [6.45, 7) is 15.8. The Morgan fingerprint density at radius 1 is 1.07 bits per heavy atom. The highest BCUT2D eigenvalue weighted by atomic mass is 16.7. The number of ether oxygens (including phenoxy) is 5. The molecule has 0 aromatic heterocycles. The minimum atomic E-state index is -1.33. The van der Waals surface area contributed by atoms with E-state index >= 15 is 0 Å². The van der Waals surface area contributed by atoms with E-state index in [1.54, 1.807) is 45.0 Å². The van der Waals surface area contributed by atoms with Crippen LogP contribution in [-0.2, 0) is 33.3 Å². The van der Waals surface area contributed by atoms with Crippen molar-refractivity contribution in [2.45, 2.75) is 141 Å². The standard InChI is InChI=1S/C48H67N3O9/c1-11-39-48(8,55)42-33(6)51(42)28-29(2)26-47(7,56-23-17-18-34-25-36-21-15-16-22-37(36)49-27-34)43(31(4)40(52)32(5)44(53)58-39)60-46-41(38(50(9)10)24-30(3)57-46)59-45(54)35-19-13-12-14-20-35/h12-22,25,27,29-33,36-39,41-43,46,55H,11,23-24,26,28H2,1-10H3/b18-17+/t29-,30-,31+,32-,33?,36?,37?,38+,39-,41-,42?,43-,46+,47+,48-,51?/m1/s1. The molecule has 1 N–H and O–H groups in total. The molecule has 1 aliphatic carbocycles. The van der Waals surface area contributed by atoms with Crippen LogP contribution in [0.4, 0.5) is 0 Å². The number of hydrogen-bond donors (Lipinski definition) is 1. The predicted octanol–water partition coefficient (Wildman–Crippen LogP) is 6.14. The van der Waals surface area contributed by atoms with Crippen LogP contribution in [0.2, 0.25) is 0 Å². The number of nitrogens with zero attached hydrogens (tertiary/aromatic N) is 3. The number of aliphatic hydroxyl groups is 1. The van der Waals surface area contributed by atoms with Gasteiger partial charge < -0.3 is 33.7 Å². The van der Waals surface area contributed by atoms with Crippen molar-refractivity contribution >= 4 is 23.9 Å². The number of carbonyl (C=O) groups excluding carboxylic acids is 3. The second-order valence-corrected chi connectivity index (χ2v) is 18.3. The van der Waals surface area contributed by atoms with E-state index in [0.29, 0.717) is 31.4 Å². The molecule has 5 aliphatic rings. The molecule has 4 aliphatic heterocycles. The lowest BCUT2D eigenvalue weighted by Crippen LogP contribution is -2.60. The molecule has 12 heteroatoms. The lowest BCUT2D eigenvalue weighted by molar-refractivity contribution is -0.296. The number of likely N-dealkylation sites (N-methyl/N-ethyl adjacent to an activating group) is 1. The fourth-order valence-corrected chi connectivity index (χ4v) is 9.94. The van der Waals surface area contributed by atoms with E-state index < -0.39 is 65.4 Å². The SMILES string of the molecule is CC[C@H]1OC(=O)[C@H](C)C(=O)[C@H](C)[C@@H](O[C@@H]2O[C@H](C)C[C@H](N(C)C)[C@H]2OC(=O)c2ccccc2)[C@@](C)(OC/C=C/C2=CC3C=CC=CC3N=C2)C[C@@H](C)CN2C(C)C2[C@]1(C)O. The van der Waals surface area contributed by atoms with Crippen LogP contribution in [0.15, 0.2) is 83.4 Å². The molecule has 328 valence electrons. The molecule has 12 nitrogen and oxygen atoms in total. The summed E-state index contributed by atoms with van der Waals surface area (Å²) in [5.41, 5.74) is -1.11. The van der Waals surface area contributed by atoms with Gasteiger partial charge in [-0.1, -0.05) is 81.5 Å². The van der Waals surface area contributed by atoms with E-state index in [-0.39, 0.29) is 48.7 Å². The van der Waals surface area contributed by atoms with Crippen LogP contribution in [0.3, 0.4) is 0 Å². The average molecular weight is 830 g/mol. The van der Waals surface area contributed by atoms with Crippen molar-refractivity contribution in [3.8, 4) is 0 Å². The molecule has 3 fully saturated rings. The van der Waals surface area contributed by atoms with Crippen LogP contribution >= 0.6 is 0 Å². The normalized spacial score (nSPS) is 41.0. The minimum Gasteiger partial charge on any atom is -0.459 e. The van der Waals surface area contributed by atoms with Crippen molar-refractivity contribution in [2.24, 2.45) is 28.7 Å². The van der Waals surface area contributed by atoms with Gasteiger partial charge in [0.25, 0.3) is 0 Å². The van der Waals surface area contributed by atoms with Crippen LogP contribution in [0.1, 0.15) is 85.0 Å². The Morgan fingerprint density at radius 2 is 1.78 bits per heavy atom. The number of rotatable bonds is 10. The lowest BCUT2D eigenvalue weighted by Gasteiger charge is -2.48. The number of dihydropyridines is 1. The zero-order valence-electron chi connectivity index (χ0n) is 37.1. The number of cyclic esters (lactones) is 1. The second-order valence-electron chi connectivity index (χ2n) is 18.3. The van der Waals surface area contributed by atoms with Crippen molar-refractivity contribution in [2.75, 3.05) is 27.2 Å². The molecule has 6 rings (SSSR count). The zero-order valence-corrected chi connectivity index (χ0v) is 37.1. The van der Waals surface area contributed by atoms with E-state index in [4.69, 9.17) is 28.7 Å². The first-order chi connectivity index (χ1) is 28.4. The van der Waals surface area contributed by atoms with Gasteiger partial charge in [0.05, 0.1) is 48.1 Å². The third-order valence-corrected chi connectivity index (χ3v) is 13.2. The largest absolute Gasteiger partial charge is 0.459 e. The van der Waals surface area contributed by atoms with Gasteiger partial charge in [-0.15, -0.1) is 0 Å². The van der Waals surface area contributed by atoms with E-state index in [0.717, 1.165) is 5.57 Å². The molecule has 0 spiro atoms. The monoisotopic (exact) mass is 829 g/mol. The summed E-state index contributed by atoms with van der Waals surface area (Å²) in [5, 5.41) is 11.9. The number of carbonyl (C=O) groups is 3. The Balaban J connectivity index is 1.37. The fourth-order valence-electron chi connectivity index (χ4n) is 9.94. The number of Topliss-reactive ketones (excluding diaryl/α,β-unsaturated/α-hetero) is 1. The summed E-state index contributed by atoms with van der Waals surface area (Å²) in [6, 6.07) is 8.42. The molecular weight excluding hydrogens is 763 g/mol. The predicted molar refractivity (Wildman–Crippen MR) is 230 cm³/mol. The Kier molecular flexibility index (Phi) is 14.6. The van der Waals surface area contributed by atoms with Crippen LogP contribution in [-0.4, -0.2) is 132 Å². The van der Waals surface area contributed by atoms with Gasteiger partial charge in [-0.05, 0) is 91.6 Å². The highest BCUT2D eigenvalue weighted by Gasteiger charge is 2.59. The molecule has 0 bridgehead atoms.